The van der Waals surface area contributed by atoms with Crippen LogP contribution in [0.2, 0.25) is 0 Å². The molecule has 2 aliphatic heterocycles. The van der Waals surface area contributed by atoms with Crippen LogP contribution in [0, 0.1) is 0 Å². The van der Waals surface area contributed by atoms with Crippen molar-refractivity contribution < 1.29 is 14.0 Å². The van der Waals surface area contributed by atoms with Crippen molar-refractivity contribution in [1.82, 2.24) is 9.80 Å². The highest BCUT2D eigenvalue weighted by molar-refractivity contribution is 6.02. The average molecular weight is 382 g/mol. The molecule has 1 atom stereocenters. The maximum atomic E-state index is 12.7. The fourth-order valence-electron chi connectivity index (χ4n) is 3.98. The van der Waals surface area contributed by atoms with E-state index < -0.39 is 0 Å². The predicted octanol–water partition coefficient (Wildman–Crippen LogP) is 3.62. The van der Waals surface area contributed by atoms with Crippen molar-refractivity contribution in [3.63, 3.8) is 0 Å². The van der Waals surface area contributed by atoms with Gasteiger partial charge >= 0.3 is 6.03 Å². The van der Waals surface area contributed by atoms with Crippen LogP contribution in [0.4, 0.5) is 16.2 Å². The number of rotatable bonds is 4. The van der Waals surface area contributed by atoms with Crippen LogP contribution in [0.3, 0.4) is 0 Å². The fraction of sp³-hybridized carbons (Fsp3) is 0.429. The summed E-state index contributed by atoms with van der Waals surface area (Å²) in [6.45, 7) is 3.91. The Labute approximate surface area is 164 Å². The molecule has 3 amide bonds. The zero-order chi connectivity index (χ0) is 19.3. The van der Waals surface area contributed by atoms with Crippen LogP contribution in [0.5, 0.6) is 0 Å². The molecule has 2 fully saturated rings. The number of amides is 3. The Kier molecular flexibility index (Phi) is 5.62. The Morgan fingerprint density at radius 2 is 1.64 bits per heavy atom. The van der Waals surface area contributed by atoms with Gasteiger partial charge in [0.25, 0.3) is 5.91 Å². The van der Waals surface area contributed by atoms with Gasteiger partial charge in [-0.05, 0) is 75.2 Å². The van der Waals surface area contributed by atoms with E-state index in [1.165, 1.54) is 25.5 Å². The fourth-order valence-corrected chi connectivity index (χ4v) is 3.98. The molecule has 7 heteroatoms. The molecule has 0 unspecified atom stereocenters. The Balaban J connectivity index is 1.31. The first-order valence-corrected chi connectivity index (χ1v) is 9.94. The monoisotopic (exact) mass is 382 g/mol. The third-order valence-corrected chi connectivity index (χ3v) is 5.48. The number of nitrogens with one attached hydrogen (secondary N) is 2. The minimum absolute atomic E-state index is 0.0590. The van der Waals surface area contributed by atoms with Gasteiger partial charge in [0.2, 0.25) is 0 Å². The summed E-state index contributed by atoms with van der Waals surface area (Å²) in [5.41, 5.74) is 1.36. The molecule has 2 saturated heterocycles. The molecular formula is C21H26N4O3. The van der Waals surface area contributed by atoms with E-state index in [9.17, 15) is 9.59 Å². The van der Waals surface area contributed by atoms with Gasteiger partial charge in [-0.15, -0.1) is 0 Å². The molecule has 1 aromatic heterocycles. The van der Waals surface area contributed by atoms with Gasteiger partial charge in [0.1, 0.15) is 0 Å². The molecule has 0 bridgehead atoms. The number of piperidine rings is 1. The molecule has 148 valence electrons. The number of nitrogens with zero attached hydrogens (tertiary/aromatic N) is 2. The standard InChI is InChI=1S/C21H26N4O3/c26-20(19-6-4-14-28-19)22-16-7-9-17(10-8-16)23-21(27)25-13-3-5-18(15-25)24-11-1-2-12-24/h4,6-10,14,18H,1-3,5,11-13,15H2,(H,22,26)(H,23,27)/t18-/m1/s1. The van der Waals surface area contributed by atoms with Gasteiger partial charge in [0.15, 0.2) is 5.76 Å². The second kappa shape index (κ2) is 8.48. The summed E-state index contributed by atoms with van der Waals surface area (Å²) in [5.74, 6) is -0.0434. The first-order valence-electron chi connectivity index (χ1n) is 9.94. The molecule has 0 radical (unpaired) electrons. The first-order chi connectivity index (χ1) is 13.7. The molecule has 2 aliphatic rings. The molecule has 2 N–H and O–H groups in total. The van der Waals surface area contributed by atoms with Crippen LogP contribution in [0.1, 0.15) is 36.2 Å². The largest absolute Gasteiger partial charge is 0.459 e. The highest BCUT2D eigenvalue weighted by Gasteiger charge is 2.29. The van der Waals surface area contributed by atoms with Crippen molar-refractivity contribution in [1.29, 1.82) is 0 Å². The van der Waals surface area contributed by atoms with Gasteiger partial charge in [-0.2, -0.15) is 0 Å². The van der Waals surface area contributed by atoms with Crippen molar-refractivity contribution in [3.8, 4) is 0 Å². The summed E-state index contributed by atoms with van der Waals surface area (Å²) >= 11 is 0. The normalized spacial score (nSPS) is 20.1. The lowest BCUT2D eigenvalue weighted by Crippen LogP contribution is -2.50. The predicted molar refractivity (Wildman–Crippen MR) is 108 cm³/mol. The molecule has 3 heterocycles. The Hall–Kier alpha value is -2.80. The highest BCUT2D eigenvalue weighted by atomic mass is 16.3. The molecule has 0 spiro atoms. The summed E-state index contributed by atoms with van der Waals surface area (Å²) in [6.07, 6.45) is 6.22. The van der Waals surface area contributed by atoms with Gasteiger partial charge in [-0.3, -0.25) is 9.69 Å². The minimum Gasteiger partial charge on any atom is -0.459 e. The van der Waals surface area contributed by atoms with Gasteiger partial charge in [0.05, 0.1) is 6.26 Å². The van der Waals surface area contributed by atoms with Crippen molar-refractivity contribution in [2.24, 2.45) is 0 Å². The Bertz CT molecular complexity index is 798. The maximum absolute atomic E-state index is 12.7. The third kappa shape index (κ3) is 4.36. The van der Waals surface area contributed by atoms with E-state index in [-0.39, 0.29) is 17.7 Å². The van der Waals surface area contributed by atoms with Crippen LogP contribution in [0.15, 0.2) is 47.1 Å². The molecule has 4 rings (SSSR count). The third-order valence-electron chi connectivity index (χ3n) is 5.48. The molecule has 28 heavy (non-hydrogen) atoms. The summed E-state index contributed by atoms with van der Waals surface area (Å²) in [6, 6.07) is 10.8. The number of urea groups is 1. The van der Waals surface area contributed by atoms with E-state index in [4.69, 9.17) is 4.42 Å². The number of hydrogen-bond acceptors (Lipinski definition) is 4. The topological polar surface area (TPSA) is 77.8 Å². The highest BCUT2D eigenvalue weighted by Crippen LogP contribution is 2.21. The number of furan rings is 1. The summed E-state index contributed by atoms with van der Waals surface area (Å²) in [7, 11) is 0. The van der Waals surface area contributed by atoms with Gasteiger partial charge in [0, 0.05) is 30.5 Å². The summed E-state index contributed by atoms with van der Waals surface area (Å²) in [5, 5.41) is 5.73. The van der Waals surface area contributed by atoms with E-state index in [2.05, 4.69) is 15.5 Å². The van der Waals surface area contributed by atoms with Crippen molar-refractivity contribution in [2.75, 3.05) is 36.8 Å². The quantitative estimate of drug-likeness (QED) is 0.847. The van der Waals surface area contributed by atoms with E-state index >= 15 is 0 Å². The SMILES string of the molecule is O=C(Nc1ccc(NC(=O)N2CCC[C@@H](N3CCCC3)C2)cc1)c1ccco1. The Morgan fingerprint density at radius 3 is 2.32 bits per heavy atom. The number of hydrogen-bond donors (Lipinski definition) is 2. The van der Waals surface area contributed by atoms with Crippen LogP contribution in [0.25, 0.3) is 0 Å². The number of benzene rings is 1. The van der Waals surface area contributed by atoms with Crippen LogP contribution < -0.4 is 10.6 Å². The number of likely N-dealkylation sites (tertiary alicyclic amines) is 2. The maximum Gasteiger partial charge on any atom is 0.321 e. The minimum atomic E-state index is -0.303. The Morgan fingerprint density at radius 1 is 0.929 bits per heavy atom. The molecule has 2 aromatic rings. The van der Waals surface area contributed by atoms with Crippen LogP contribution >= 0.6 is 0 Å². The number of carbonyl (C=O) groups excluding carboxylic acids is 2. The van der Waals surface area contributed by atoms with E-state index in [1.807, 2.05) is 4.90 Å². The number of anilines is 2. The lowest BCUT2D eigenvalue weighted by Gasteiger charge is -2.37. The average Bonchev–Trinajstić information content (AvgIpc) is 3.44. The van der Waals surface area contributed by atoms with Crippen LogP contribution in [-0.2, 0) is 0 Å². The van der Waals surface area contributed by atoms with E-state index in [0.29, 0.717) is 17.4 Å². The molecule has 7 nitrogen and oxygen atoms in total. The lowest BCUT2D eigenvalue weighted by molar-refractivity contribution is 0.0996. The molecule has 0 saturated carbocycles. The van der Waals surface area contributed by atoms with Crippen molar-refractivity contribution in [3.05, 3.63) is 48.4 Å². The van der Waals surface area contributed by atoms with Gasteiger partial charge in [-0.1, -0.05) is 0 Å². The van der Waals surface area contributed by atoms with Gasteiger partial charge in [-0.25, -0.2) is 4.79 Å². The summed E-state index contributed by atoms with van der Waals surface area (Å²) in [4.78, 5) is 29.1. The van der Waals surface area contributed by atoms with Crippen molar-refractivity contribution in [2.45, 2.75) is 31.7 Å². The van der Waals surface area contributed by atoms with Crippen LogP contribution in [-0.4, -0.2) is 54.0 Å². The first kappa shape index (κ1) is 18.6. The molecule has 0 aliphatic carbocycles. The smallest absolute Gasteiger partial charge is 0.321 e. The zero-order valence-corrected chi connectivity index (χ0v) is 15.9. The molecule has 1 aromatic carbocycles. The lowest BCUT2D eigenvalue weighted by atomic mass is 10.0. The van der Waals surface area contributed by atoms with E-state index in [1.54, 1.807) is 36.4 Å². The van der Waals surface area contributed by atoms with E-state index in [0.717, 1.165) is 32.6 Å². The van der Waals surface area contributed by atoms with Gasteiger partial charge < -0.3 is 20.0 Å². The zero-order valence-electron chi connectivity index (χ0n) is 15.9. The molecular weight excluding hydrogens is 356 g/mol. The summed E-state index contributed by atoms with van der Waals surface area (Å²) < 4.78 is 5.08. The number of carbonyl (C=O) groups is 2. The second-order valence-corrected chi connectivity index (χ2v) is 7.42. The second-order valence-electron chi connectivity index (χ2n) is 7.42. The van der Waals surface area contributed by atoms with Crippen molar-refractivity contribution >= 4 is 23.3 Å².